The van der Waals surface area contributed by atoms with Crippen LogP contribution in [0.3, 0.4) is 0 Å². The molecule has 5 heteroatoms. The van der Waals surface area contributed by atoms with E-state index in [0.29, 0.717) is 24.7 Å². The first-order valence-electron chi connectivity index (χ1n) is 9.79. The molecule has 0 spiro atoms. The van der Waals surface area contributed by atoms with Gasteiger partial charge in [0, 0.05) is 32.1 Å². The topological polar surface area (TPSA) is 49.9 Å². The van der Waals surface area contributed by atoms with Crippen LogP contribution in [0, 0.1) is 18.8 Å². The van der Waals surface area contributed by atoms with E-state index in [0.717, 1.165) is 44.7 Å². The monoisotopic (exact) mass is 358 g/mol. The molecule has 0 saturated carbocycles. The molecule has 2 aliphatic rings. The van der Waals surface area contributed by atoms with E-state index in [-0.39, 0.29) is 18.4 Å². The van der Waals surface area contributed by atoms with Crippen molar-refractivity contribution >= 4 is 11.8 Å². The second kappa shape index (κ2) is 8.56. The third-order valence-electron chi connectivity index (χ3n) is 5.68. The van der Waals surface area contributed by atoms with Crippen molar-refractivity contribution in [1.82, 2.24) is 9.80 Å². The SMILES string of the molecule is Cc1ccc(OCC(=O)N2CCC(C(=O)N3CCC(C)CC3)CC2)cc1. The third-order valence-corrected chi connectivity index (χ3v) is 5.68. The van der Waals surface area contributed by atoms with Crippen molar-refractivity contribution in [3.63, 3.8) is 0 Å². The van der Waals surface area contributed by atoms with Crippen LogP contribution in [0.4, 0.5) is 0 Å². The molecule has 2 heterocycles. The van der Waals surface area contributed by atoms with Gasteiger partial charge in [-0.2, -0.15) is 0 Å². The molecule has 3 rings (SSSR count). The molecule has 26 heavy (non-hydrogen) atoms. The number of nitrogens with zero attached hydrogens (tertiary/aromatic N) is 2. The Kier molecular flexibility index (Phi) is 6.17. The minimum Gasteiger partial charge on any atom is -0.484 e. The summed E-state index contributed by atoms with van der Waals surface area (Å²) in [6.07, 6.45) is 3.75. The highest BCUT2D eigenvalue weighted by Gasteiger charge is 2.31. The van der Waals surface area contributed by atoms with E-state index in [1.165, 1.54) is 5.56 Å². The quantitative estimate of drug-likeness (QED) is 0.832. The molecule has 5 nitrogen and oxygen atoms in total. The van der Waals surface area contributed by atoms with Crippen LogP contribution in [0.5, 0.6) is 5.75 Å². The number of hydrogen-bond donors (Lipinski definition) is 0. The molecule has 0 unspecified atom stereocenters. The largest absolute Gasteiger partial charge is 0.484 e. The van der Waals surface area contributed by atoms with Crippen LogP contribution in [0.1, 0.15) is 38.2 Å². The number of carbonyl (C=O) groups is 2. The van der Waals surface area contributed by atoms with Crippen LogP contribution in [-0.2, 0) is 9.59 Å². The summed E-state index contributed by atoms with van der Waals surface area (Å²) in [7, 11) is 0. The van der Waals surface area contributed by atoms with Crippen LogP contribution in [0.15, 0.2) is 24.3 Å². The summed E-state index contributed by atoms with van der Waals surface area (Å²) in [5, 5.41) is 0. The highest BCUT2D eigenvalue weighted by Crippen LogP contribution is 2.23. The zero-order valence-corrected chi connectivity index (χ0v) is 15.9. The van der Waals surface area contributed by atoms with Crippen LogP contribution < -0.4 is 4.74 Å². The summed E-state index contributed by atoms with van der Waals surface area (Å²) in [6.45, 7) is 7.42. The maximum Gasteiger partial charge on any atom is 0.260 e. The molecule has 142 valence electrons. The molecule has 0 N–H and O–H groups in total. The molecule has 2 saturated heterocycles. The van der Waals surface area contributed by atoms with E-state index in [4.69, 9.17) is 4.74 Å². The van der Waals surface area contributed by atoms with Gasteiger partial charge in [-0.05, 0) is 50.7 Å². The number of piperidine rings is 2. The Morgan fingerprint density at radius 1 is 0.962 bits per heavy atom. The number of ether oxygens (including phenoxy) is 1. The Morgan fingerprint density at radius 3 is 2.15 bits per heavy atom. The van der Waals surface area contributed by atoms with Crippen molar-refractivity contribution in [2.24, 2.45) is 11.8 Å². The highest BCUT2D eigenvalue weighted by atomic mass is 16.5. The van der Waals surface area contributed by atoms with E-state index < -0.39 is 0 Å². The lowest BCUT2D eigenvalue weighted by atomic mass is 9.92. The fraction of sp³-hybridized carbons (Fsp3) is 0.619. The second-order valence-electron chi connectivity index (χ2n) is 7.76. The zero-order valence-electron chi connectivity index (χ0n) is 15.9. The predicted octanol–water partition coefficient (Wildman–Crippen LogP) is 2.87. The Balaban J connectivity index is 1.42. The summed E-state index contributed by atoms with van der Waals surface area (Å²) in [5.41, 5.74) is 1.17. The van der Waals surface area contributed by atoms with E-state index in [9.17, 15) is 9.59 Å². The molecule has 1 aromatic rings. The molecular formula is C21H30N2O3. The normalized spacial score (nSPS) is 19.5. The van der Waals surface area contributed by atoms with Gasteiger partial charge in [0.25, 0.3) is 5.91 Å². The van der Waals surface area contributed by atoms with Crippen LogP contribution in [0.25, 0.3) is 0 Å². The van der Waals surface area contributed by atoms with E-state index in [2.05, 4.69) is 6.92 Å². The minimum absolute atomic E-state index is 0.00303. The standard InChI is InChI=1S/C21H30N2O3/c1-16-3-5-19(6-4-16)26-15-20(24)22-13-9-18(10-14-22)21(25)23-11-7-17(2)8-12-23/h3-6,17-18H,7-15H2,1-2H3. The van der Waals surface area contributed by atoms with Crippen molar-refractivity contribution < 1.29 is 14.3 Å². The fourth-order valence-corrected chi connectivity index (χ4v) is 3.73. The average Bonchev–Trinajstić information content (AvgIpc) is 2.67. The summed E-state index contributed by atoms with van der Waals surface area (Å²) in [4.78, 5) is 28.9. The second-order valence-corrected chi connectivity index (χ2v) is 7.76. The van der Waals surface area contributed by atoms with E-state index >= 15 is 0 Å². The lowest BCUT2D eigenvalue weighted by molar-refractivity contribution is -0.142. The summed E-state index contributed by atoms with van der Waals surface area (Å²) < 4.78 is 5.59. The van der Waals surface area contributed by atoms with Crippen LogP contribution in [-0.4, -0.2) is 54.4 Å². The van der Waals surface area contributed by atoms with Crippen molar-refractivity contribution in [2.75, 3.05) is 32.8 Å². The molecule has 0 aliphatic carbocycles. The van der Waals surface area contributed by atoms with Gasteiger partial charge in [0.1, 0.15) is 5.75 Å². The van der Waals surface area contributed by atoms with Gasteiger partial charge < -0.3 is 14.5 Å². The Morgan fingerprint density at radius 2 is 1.54 bits per heavy atom. The van der Waals surface area contributed by atoms with Gasteiger partial charge in [0.15, 0.2) is 6.61 Å². The van der Waals surface area contributed by atoms with Gasteiger partial charge in [-0.1, -0.05) is 24.6 Å². The first-order chi connectivity index (χ1) is 12.5. The van der Waals surface area contributed by atoms with Crippen LogP contribution in [0.2, 0.25) is 0 Å². The van der Waals surface area contributed by atoms with E-state index in [1.54, 1.807) is 0 Å². The van der Waals surface area contributed by atoms with Crippen LogP contribution >= 0.6 is 0 Å². The number of aryl methyl sites for hydroxylation is 1. The van der Waals surface area contributed by atoms with Gasteiger partial charge in [-0.25, -0.2) is 0 Å². The van der Waals surface area contributed by atoms with Crippen molar-refractivity contribution in [2.45, 2.75) is 39.5 Å². The van der Waals surface area contributed by atoms with Gasteiger partial charge >= 0.3 is 0 Å². The van der Waals surface area contributed by atoms with Crippen molar-refractivity contribution in [3.8, 4) is 5.75 Å². The molecule has 2 amide bonds. The molecular weight excluding hydrogens is 328 g/mol. The number of likely N-dealkylation sites (tertiary alicyclic amines) is 2. The first kappa shape index (κ1) is 18.7. The molecule has 0 radical (unpaired) electrons. The summed E-state index contributed by atoms with van der Waals surface area (Å²) in [6, 6.07) is 7.70. The lowest BCUT2D eigenvalue weighted by Gasteiger charge is -2.36. The molecule has 2 fully saturated rings. The number of carbonyl (C=O) groups excluding carboxylic acids is 2. The number of rotatable bonds is 4. The Hall–Kier alpha value is -2.04. The molecule has 1 aromatic carbocycles. The highest BCUT2D eigenvalue weighted by molar-refractivity contribution is 5.80. The number of benzene rings is 1. The fourth-order valence-electron chi connectivity index (χ4n) is 3.73. The summed E-state index contributed by atoms with van der Waals surface area (Å²) >= 11 is 0. The summed E-state index contributed by atoms with van der Waals surface area (Å²) in [5.74, 6) is 1.81. The van der Waals surface area contributed by atoms with Crippen molar-refractivity contribution in [3.05, 3.63) is 29.8 Å². The molecule has 0 aromatic heterocycles. The number of hydrogen-bond acceptors (Lipinski definition) is 3. The van der Waals surface area contributed by atoms with Gasteiger partial charge in [-0.3, -0.25) is 9.59 Å². The minimum atomic E-state index is 0.00303. The molecule has 0 bridgehead atoms. The van der Waals surface area contributed by atoms with E-state index in [1.807, 2.05) is 41.0 Å². The Bertz CT molecular complexity index is 613. The Labute approximate surface area is 156 Å². The molecule has 0 atom stereocenters. The lowest BCUT2D eigenvalue weighted by Crippen LogP contribution is -2.47. The average molecular weight is 358 g/mol. The first-order valence-corrected chi connectivity index (χ1v) is 9.79. The number of amides is 2. The van der Waals surface area contributed by atoms with Gasteiger partial charge in [0.05, 0.1) is 0 Å². The van der Waals surface area contributed by atoms with Gasteiger partial charge in [0.2, 0.25) is 5.91 Å². The predicted molar refractivity (Wildman–Crippen MR) is 101 cm³/mol. The maximum atomic E-state index is 12.7. The third kappa shape index (κ3) is 4.77. The zero-order chi connectivity index (χ0) is 18.5. The smallest absolute Gasteiger partial charge is 0.260 e. The maximum absolute atomic E-state index is 12.7. The van der Waals surface area contributed by atoms with Gasteiger partial charge in [-0.15, -0.1) is 0 Å². The molecule has 2 aliphatic heterocycles. The van der Waals surface area contributed by atoms with Crippen molar-refractivity contribution in [1.29, 1.82) is 0 Å².